The van der Waals surface area contributed by atoms with E-state index in [9.17, 15) is 4.39 Å². The molecule has 1 fully saturated rings. The summed E-state index contributed by atoms with van der Waals surface area (Å²) in [6.07, 6.45) is 5.91. The third kappa shape index (κ3) is 4.85. The average molecular weight is 292 g/mol. The fourth-order valence-corrected chi connectivity index (χ4v) is 3.77. The van der Waals surface area contributed by atoms with Crippen LogP contribution in [0.1, 0.15) is 43.2 Å². The Morgan fingerprint density at radius 2 is 2.10 bits per heavy atom. The van der Waals surface area contributed by atoms with Gasteiger partial charge in [0.15, 0.2) is 0 Å². The molecule has 0 saturated heterocycles. The van der Waals surface area contributed by atoms with Gasteiger partial charge in [-0.05, 0) is 42.2 Å². The fraction of sp³-hybridized carbons (Fsp3) is 0.529. The summed E-state index contributed by atoms with van der Waals surface area (Å²) in [5.41, 5.74) is 1.86. The van der Waals surface area contributed by atoms with Gasteiger partial charge in [-0.15, -0.1) is 0 Å². The molecule has 0 spiro atoms. The second kappa shape index (κ2) is 8.34. The van der Waals surface area contributed by atoms with Crippen molar-refractivity contribution < 1.29 is 9.50 Å². The lowest BCUT2D eigenvalue weighted by Gasteiger charge is -2.09. The summed E-state index contributed by atoms with van der Waals surface area (Å²) in [5.74, 6) is 8.55. The second-order valence-electron chi connectivity index (χ2n) is 5.24. The van der Waals surface area contributed by atoms with Gasteiger partial charge in [-0.1, -0.05) is 30.7 Å². The Kier molecular flexibility index (Phi) is 6.42. The van der Waals surface area contributed by atoms with Crippen LogP contribution in [0.2, 0.25) is 0 Å². The van der Waals surface area contributed by atoms with Crippen molar-refractivity contribution in [3.63, 3.8) is 0 Å². The molecule has 1 saturated carbocycles. The molecule has 0 unspecified atom stereocenters. The normalized spacial score (nSPS) is 15.1. The SMILES string of the molecule is OCCC#Cc1cc(F)ccc1CSCC1CCCC1. The maximum Gasteiger partial charge on any atom is 0.124 e. The Hall–Kier alpha value is -0.980. The van der Waals surface area contributed by atoms with Crippen molar-refractivity contribution in [2.24, 2.45) is 5.92 Å². The molecule has 2 rings (SSSR count). The van der Waals surface area contributed by atoms with Gasteiger partial charge in [-0.3, -0.25) is 0 Å². The van der Waals surface area contributed by atoms with Crippen LogP contribution in [0.4, 0.5) is 4.39 Å². The van der Waals surface area contributed by atoms with E-state index in [0.717, 1.165) is 22.8 Å². The van der Waals surface area contributed by atoms with E-state index in [0.29, 0.717) is 6.42 Å². The van der Waals surface area contributed by atoms with Crippen molar-refractivity contribution in [2.75, 3.05) is 12.4 Å². The first-order valence-corrected chi connectivity index (χ1v) is 8.41. The lowest BCUT2D eigenvalue weighted by molar-refractivity contribution is 0.305. The van der Waals surface area contributed by atoms with Crippen LogP contribution in [-0.4, -0.2) is 17.5 Å². The van der Waals surface area contributed by atoms with Crippen molar-refractivity contribution in [3.8, 4) is 11.8 Å². The number of hydrogen-bond acceptors (Lipinski definition) is 2. The molecule has 0 atom stereocenters. The van der Waals surface area contributed by atoms with Gasteiger partial charge in [0.1, 0.15) is 5.82 Å². The highest BCUT2D eigenvalue weighted by molar-refractivity contribution is 7.98. The predicted molar refractivity (Wildman–Crippen MR) is 83.1 cm³/mol. The molecule has 0 aliphatic heterocycles. The molecule has 0 heterocycles. The number of thioether (sulfide) groups is 1. The fourth-order valence-electron chi connectivity index (χ4n) is 2.52. The molecule has 20 heavy (non-hydrogen) atoms. The Labute approximate surface area is 125 Å². The van der Waals surface area contributed by atoms with Crippen LogP contribution in [0.25, 0.3) is 0 Å². The highest BCUT2D eigenvalue weighted by Gasteiger charge is 2.14. The molecule has 0 amide bonds. The molecule has 3 heteroatoms. The Bertz CT molecular complexity index is 483. The van der Waals surface area contributed by atoms with E-state index in [1.807, 2.05) is 17.8 Å². The number of halogens is 1. The largest absolute Gasteiger partial charge is 0.395 e. The minimum atomic E-state index is -0.247. The summed E-state index contributed by atoms with van der Waals surface area (Å²) in [6.45, 7) is 0.0497. The zero-order chi connectivity index (χ0) is 14.2. The first kappa shape index (κ1) is 15.4. The van der Waals surface area contributed by atoms with E-state index in [1.54, 1.807) is 0 Å². The summed E-state index contributed by atoms with van der Waals surface area (Å²) in [4.78, 5) is 0. The van der Waals surface area contributed by atoms with E-state index in [1.165, 1.54) is 43.6 Å². The minimum absolute atomic E-state index is 0.0497. The number of aliphatic hydroxyl groups excluding tert-OH is 1. The first-order valence-electron chi connectivity index (χ1n) is 7.25. The van der Waals surface area contributed by atoms with Gasteiger partial charge in [-0.25, -0.2) is 4.39 Å². The van der Waals surface area contributed by atoms with Gasteiger partial charge in [0.05, 0.1) is 6.61 Å². The van der Waals surface area contributed by atoms with Gasteiger partial charge in [-0.2, -0.15) is 11.8 Å². The van der Waals surface area contributed by atoms with Crippen molar-refractivity contribution in [3.05, 3.63) is 35.1 Å². The Balaban J connectivity index is 1.93. The van der Waals surface area contributed by atoms with Crippen molar-refractivity contribution >= 4 is 11.8 Å². The predicted octanol–water partition coefficient (Wildman–Crippen LogP) is 3.98. The summed E-state index contributed by atoms with van der Waals surface area (Å²) < 4.78 is 13.3. The van der Waals surface area contributed by atoms with E-state index < -0.39 is 0 Å². The minimum Gasteiger partial charge on any atom is -0.395 e. The lowest BCUT2D eigenvalue weighted by atomic mass is 10.1. The molecule has 1 N–H and O–H groups in total. The van der Waals surface area contributed by atoms with E-state index in [2.05, 4.69) is 11.8 Å². The number of benzene rings is 1. The quantitative estimate of drug-likeness (QED) is 0.828. The zero-order valence-corrected chi connectivity index (χ0v) is 12.5. The topological polar surface area (TPSA) is 20.2 Å². The number of hydrogen-bond donors (Lipinski definition) is 1. The van der Waals surface area contributed by atoms with Crippen molar-refractivity contribution in [1.82, 2.24) is 0 Å². The summed E-state index contributed by atoms with van der Waals surface area (Å²) in [5, 5.41) is 8.75. The smallest absolute Gasteiger partial charge is 0.124 e. The zero-order valence-electron chi connectivity index (χ0n) is 11.7. The van der Waals surface area contributed by atoms with Gasteiger partial charge >= 0.3 is 0 Å². The Morgan fingerprint density at radius 3 is 2.85 bits per heavy atom. The molecule has 1 aliphatic carbocycles. The van der Waals surface area contributed by atoms with E-state index in [4.69, 9.17) is 5.11 Å². The number of aliphatic hydroxyl groups is 1. The molecule has 1 aliphatic rings. The van der Waals surface area contributed by atoms with Crippen LogP contribution >= 0.6 is 11.8 Å². The molecule has 0 aromatic heterocycles. The standard InChI is InChI=1S/C17H21FOS/c18-17-9-8-16(15(11-17)7-3-4-10-19)13-20-12-14-5-1-2-6-14/h8-9,11,14,19H,1-2,4-6,10,12-13H2. The molecule has 0 bridgehead atoms. The lowest BCUT2D eigenvalue weighted by Crippen LogP contribution is -1.98. The Morgan fingerprint density at radius 1 is 1.30 bits per heavy atom. The van der Waals surface area contributed by atoms with Crippen molar-refractivity contribution in [1.29, 1.82) is 0 Å². The van der Waals surface area contributed by atoms with Crippen LogP contribution in [0.15, 0.2) is 18.2 Å². The van der Waals surface area contributed by atoms with Crippen LogP contribution < -0.4 is 0 Å². The van der Waals surface area contributed by atoms with Gasteiger partial charge < -0.3 is 5.11 Å². The van der Waals surface area contributed by atoms with Crippen LogP contribution in [-0.2, 0) is 5.75 Å². The second-order valence-corrected chi connectivity index (χ2v) is 6.27. The van der Waals surface area contributed by atoms with Crippen LogP contribution in [0.5, 0.6) is 0 Å². The summed E-state index contributed by atoms with van der Waals surface area (Å²) in [7, 11) is 0. The molecule has 108 valence electrons. The maximum absolute atomic E-state index is 13.3. The van der Waals surface area contributed by atoms with Gasteiger partial charge in [0.2, 0.25) is 0 Å². The average Bonchev–Trinajstić information content (AvgIpc) is 2.95. The highest BCUT2D eigenvalue weighted by atomic mass is 32.2. The maximum atomic E-state index is 13.3. The molecular weight excluding hydrogens is 271 g/mol. The van der Waals surface area contributed by atoms with Crippen LogP contribution in [0, 0.1) is 23.6 Å². The van der Waals surface area contributed by atoms with Crippen LogP contribution in [0.3, 0.4) is 0 Å². The summed E-state index contributed by atoms with van der Waals surface area (Å²) >= 11 is 1.92. The van der Waals surface area contributed by atoms with Gasteiger partial charge in [0, 0.05) is 17.7 Å². The highest BCUT2D eigenvalue weighted by Crippen LogP contribution is 2.29. The van der Waals surface area contributed by atoms with E-state index in [-0.39, 0.29) is 12.4 Å². The molecule has 1 aromatic rings. The third-order valence-electron chi connectivity index (χ3n) is 3.62. The first-order chi connectivity index (χ1) is 9.79. The third-order valence-corrected chi connectivity index (χ3v) is 4.84. The summed E-state index contributed by atoms with van der Waals surface area (Å²) in [6, 6.07) is 4.83. The van der Waals surface area contributed by atoms with E-state index >= 15 is 0 Å². The van der Waals surface area contributed by atoms with Gasteiger partial charge in [0.25, 0.3) is 0 Å². The molecule has 0 radical (unpaired) electrons. The number of rotatable bonds is 5. The van der Waals surface area contributed by atoms with Crippen molar-refractivity contribution in [2.45, 2.75) is 37.9 Å². The monoisotopic (exact) mass is 292 g/mol. The molecular formula is C17H21FOS. The molecule has 1 aromatic carbocycles. The molecule has 1 nitrogen and oxygen atoms in total.